The van der Waals surface area contributed by atoms with Crippen molar-refractivity contribution in [1.29, 1.82) is 0 Å². The number of nitrogens with two attached hydrogens (primary N) is 1. The third-order valence-electron chi connectivity index (χ3n) is 2.75. The predicted molar refractivity (Wildman–Crippen MR) is 83.9 cm³/mol. The predicted octanol–water partition coefficient (Wildman–Crippen LogP) is 2.80. The maximum atomic E-state index is 12.6. The lowest BCUT2D eigenvalue weighted by Crippen LogP contribution is -2.10. The van der Waals surface area contributed by atoms with E-state index in [1.807, 2.05) is 19.9 Å². The Labute approximate surface area is 127 Å². The lowest BCUT2D eigenvalue weighted by atomic mass is 10.0. The number of aromatic nitrogens is 2. The first kappa shape index (κ1) is 15.3. The summed E-state index contributed by atoms with van der Waals surface area (Å²) in [5.41, 5.74) is 6.65. The molecule has 1 heterocycles. The molecular weight excluding hydrogens is 286 g/mol. The Morgan fingerprint density at radius 3 is 2.71 bits per heavy atom. The van der Waals surface area contributed by atoms with Gasteiger partial charge >= 0.3 is 0 Å². The van der Waals surface area contributed by atoms with Gasteiger partial charge in [-0.1, -0.05) is 30.8 Å². The Morgan fingerprint density at radius 2 is 2.05 bits per heavy atom. The fourth-order valence-corrected chi connectivity index (χ4v) is 2.38. The average molecular weight is 303 g/mol. The summed E-state index contributed by atoms with van der Waals surface area (Å²) >= 11 is 1.48. The molecule has 110 valence electrons. The molecule has 0 atom stereocenters. The Bertz CT molecular complexity index is 647. The number of rotatable bonds is 6. The van der Waals surface area contributed by atoms with Gasteiger partial charge in [-0.05, 0) is 24.8 Å². The van der Waals surface area contributed by atoms with E-state index in [4.69, 9.17) is 10.5 Å². The largest absolute Gasteiger partial charge is 0.493 e. The molecule has 2 rings (SSSR count). The van der Waals surface area contributed by atoms with Gasteiger partial charge in [0.05, 0.1) is 17.7 Å². The van der Waals surface area contributed by atoms with Gasteiger partial charge in [-0.15, -0.1) is 0 Å². The lowest BCUT2D eigenvalue weighted by Gasteiger charge is -2.10. The number of benzene rings is 1. The van der Waals surface area contributed by atoms with Gasteiger partial charge in [0.2, 0.25) is 5.78 Å². The second kappa shape index (κ2) is 7.08. The highest BCUT2D eigenvalue weighted by atomic mass is 32.2. The van der Waals surface area contributed by atoms with Crippen LogP contribution in [0.25, 0.3) is 0 Å². The third kappa shape index (κ3) is 3.52. The van der Waals surface area contributed by atoms with Gasteiger partial charge in [-0.2, -0.15) is 0 Å². The molecule has 1 aromatic carbocycles. The summed E-state index contributed by atoms with van der Waals surface area (Å²) < 4.78 is 5.48. The van der Waals surface area contributed by atoms with E-state index in [2.05, 4.69) is 9.97 Å². The highest BCUT2D eigenvalue weighted by Crippen LogP contribution is 2.24. The standard InChI is InChI=1S/C15H17N3O2S/c1-3-20-12-8-6-5-7-10(12)13(19)11-9-17-15(21-4-2)18-14(11)16/h5-9H,3-4H2,1-2H3,(H2,16,17,18). The fraction of sp³-hybridized carbons (Fsp3) is 0.267. The average Bonchev–Trinajstić information content (AvgIpc) is 2.48. The number of hydrogen-bond donors (Lipinski definition) is 1. The van der Waals surface area contributed by atoms with Crippen LogP contribution in [0.2, 0.25) is 0 Å². The summed E-state index contributed by atoms with van der Waals surface area (Å²) in [4.78, 5) is 20.9. The highest BCUT2D eigenvalue weighted by Gasteiger charge is 2.18. The second-order valence-electron chi connectivity index (χ2n) is 4.14. The monoisotopic (exact) mass is 303 g/mol. The zero-order valence-electron chi connectivity index (χ0n) is 12.0. The first-order valence-corrected chi connectivity index (χ1v) is 7.67. The molecule has 0 radical (unpaired) electrons. The lowest BCUT2D eigenvalue weighted by molar-refractivity contribution is 0.103. The van der Waals surface area contributed by atoms with Crippen molar-refractivity contribution >= 4 is 23.4 Å². The minimum Gasteiger partial charge on any atom is -0.493 e. The van der Waals surface area contributed by atoms with Gasteiger partial charge in [-0.3, -0.25) is 4.79 Å². The van der Waals surface area contributed by atoms with Gasteiger partial charge in [0.25, 0.3) is 0 Å². The van der Waals surface area contributed by atoms with Crippen LogP contribution in [0.3, 0.4) is 0 Å². The van der Waals surface area contributed by atoms with Crippen molar-refractivity contribution in [1.82, 2.24) is 9.97 Å². The number of ether oxygens (including phenoxy) is 1. The van der Waals surface area contributed by atoms with E-state index in [0.29, 0.717) is 28.6 Å². The van der Waals surface area contributed by atoms with Crippen molar-refractivity contribution in [3.8, 4) is 5.75 Å². The van der Waals surface area contributed by atoms with E-state index in [0.717, 1.165) is 5.75 Å². The van der Waals surface area contributed by atoms with Crippen molar-refractivity contribution in [3.63, 3.8) is 0 Å². The molecule has 0 fully saturated rings. The Hall–Kier alpha value is -2.08. The Kier molecular flexibility index (Phi) is 5.16. The van der Waals surface area contributed by atoms with Crippen molar-refractivity contribution in [2.24, 2.45) is 0 Å². The van der Waals surface area contributed by atoms with Gasteiger partial charge in [-0.25, -0.2) is 9.97 Å². The number of nitrogens with zero attached hydrogens (tertiary/aromatic N) is 2. The van der Waals surface area contributed by atoms with Crippen molar-refractivity contribution in [3.05, 3.63) is 41.6 Å². The molecule has 0 saturated carbocycles. The SMILES string of the molecule is CCOc1ccccc1C(=O)c1cnc(SCC)nc1N. The fourth-order valence-electron chi connectivity index (χ4n) is 1.83. The molecule has 21 heavy (non-hydrogen) atoms. The maximum absolute atomic E-state index is 12.6. The second-order valence-corrected chi connectivity index (χ2v) is 5.37. The molecule has 0 aliphatic rings. The zero-order valence-corrected chi connectivity index (χ0v) is 12.8. The summed E-state index contributed by atoms with van der Waals surface area (Å²) in [6.07, 6.45) is 1.48. The van der Waals surface area contributed by atoms with E-state index in [1.54, 1.807) is 18.2 Å². The number of anilines is 1. The first-order valence-electron chi connectivity index (χ1n) is 6.69. The van der Waals surface area contributed by atoms with E-state index in [-0.39, 0.29) is 11.6 Å². The van der Waals surface area contributed by atoms with Gasteiger partial charge in [0.15, 0.2) is 5.16 Å². The number of thioether (sulfide) groups is 1. The normalized spacial score (nSPS) is 10.4. The highest BCUT2D eigenvalue weighted by molar-refractivity contribution is 7.99. The third-order valence-corrected chi connectivity index (χ3v) is 3.49. The van der Waals surface area contributed by atoms with Crippen molar-refractivity contribution in [2.45, 2.75) is 19.0 Å². The minimum absolute atomic E-state index is 0.192. The van der Waals surface area contributed by atoms with E-state index in [1.165, 1.54) is 18.0 Å². The summed E-state index contributed by atoms with van der Waals surface area (Å²) in [6.45, 7) is 4.36. The van der Waals surface area contributed by atoms with Crippen LogP contribution in [0.1, 0.15) is 29.8 Å². The summed E-state index contributed by atoms with van der Waals surface area (Å²) in [6, 6.07) is 7.08. The van der Waals surface area contributed by atoms with Gasteiger partial charge < -0.3 is 10.5 Å². The van der Waals surface area contributed by atoms with Crippen molar-refractivity contribution in [2.75, 3.05) is 18.1 Å². The molecule has 0 aliphatic carbocycles. The van der Waals surface area contributed by atoms with E-state index < -0.39 is 0 Å². The van der Waals surface area contributed by atoms with Crippen molar-refractivity contribution < 1.29 is 9.53 Å². The smallest absolute Gasteiger partial charge is 0.202 e. The van der Waals surface area contributed by atoms with Crippen LogP contribution >= 0.6 is 11.8 Å². The number of para-hydroxylation sites is 1. The molecule has 5 nitrogen and oxygen atoms in total. The summed E-state index contributed by atoms with van der Waals surface area (Å²) in [7, 11) is 0. The molecule has 0 saturated heterocycles. The van der Waals surface area contributed by atoms with Crippen LogP contribution in [-0.4, -0.2) is 28.1 Å². The van der Waals surface area contributed by atoms with Crippen LogP contribution in [0.5, 0.6) is 5.75 Å². The first-order chi connectivity index (χ1) is 10.2. The molecule has 2 aromatic rings. The van der Waals surface area contributed by atoms with Gasteiger partial charge in [0, 0.05) is 6.20 Å². The number of ketones is 1. The number of nitrogen functional groups attached to an aromatic ring is 1. The molecule has 0 amide bonds. The zero-order chi connectivity index (χ0) is 15.2. The maximum Gasteiger partial charge on any atom is 0.202 e. The van der Waals surface area contributed by atoms with Crippen LogP contribution in [0.15, 0.2) is 35.6 Å². The molecule has 6 heteroatoms. The summed E-state index contributed by atoms with van der Waals surface area (Å²) in [5.74, 6) is 1.35. The molecular formula is C15H17N3O2S. The minimum atomic E-state index is -0.232. The quantitative estimate of drug-likeness (QED) is 0.502. The molecule has 0 aliphatic heterocycles. The molecule has 0 spiro atoms. The molecule has 2 N–H and O–H groups in total. The summed E-state index contributed by atoms with van der Waals surface area (Å²) in [5, 5.41) is 0.574. The van der Waals surface area contributed by atoms with E-state index in [9.17, 15) is 4.79 Å². The number of hydrogen-bond acceptors (Lipinski definition) is 6. The Balaban J connectivity index is 2.36. The van der Waals surface area contributed by atoms with Crippen LogP contribution in [-0.2, 0) is 0 Å². The number of carbonyl (C=O) groups is 1. The van der Waals surface area contributed by atoms with E-state index >= 15 is 0 Å². The number of carbonyl (C=O) groups excluding carboxylic acids is 1. The van der Waals surface area contributed by atoms with Crippen LogP contribution in [0.4, 0.5) is 5.82 Å². The Morgan fingerprint density at radius 1 is 1.29 bits per heavy atom. The van der Waals surface area contributed by atoms with Gasteiger partial charge in [0.1, 0.15) is 11.6 Å². The molecule has 0 bridgehead atoms. The topological polar surface area (TPSA) is 78.1 Å². The van der Waals surface area contributed by atoms with Crippen LogP contribution in [0, 0.1) is 0 Å². The molecule has 0 unspecified atom stereocenters. The van der Waals surface area contributed by atoms with Crippen LogP contribution < -0.4 is 10.5 Å². The molecule has 1 aromatic heterocycles.